The number of benzene rings is 1. The van der Waals surface area contributed by atoms with Crippen LogP contribution in [0.4, 0.5) is 0 Å². The van der Waals surface area contributed by atoms with Crippen molar-refractivity contribution < 1.29 is 24.5 Å². The maximum atomic E-state index is 11.1. The Morgan fingerprint density at radius 1 is 1.35 bits per heavy atom. The lowest BCUT2D eigenvalue weighted by Gasteiger charge is -2.13. The van der Waals surface area contributed by atoms with Gasteiger partial charge in [-0.25, -0.2) is 4.79 Å². The third-order valence-corrected chi connectivity index (χ3v) is 2.52. The number of hydrogen-bond acceptors (Lipinski definition) is 4. The highest BCUT2D eigenvalue weighted by Crippen LogP contribution is 2.28. The number of aliphatic carboxylic acids is 1. The van der Waals surface area contributed by atoms with Gasteiger partial charge < -0.3 is 14.9 Å². The Morgan fingerprint density at radius 3 is 2.76 bits per heavy atom. The Hall–Kier alpha value is -2.08. The lowest BCUT2D eigenvalue weighted by atomic mass is 10.0. The van der Waals surface area contributed by atoms with Crippen LogP contribution in [0.25, 0.3) is 0 Å². The van der Waals surface area contributed by atoms with Crippen LogP contribution < -0.4 is 10.1 Å². The summed E-state index contributed by atoms with van der Waals surface area (Å²) in [5.41, 5.74) is 0.386. The van der Waals surface area contributed by atoms with E-state index in [4.69, 9.17) is 14.9 Å². The van der Waals surface area contributed by atoms with Gasteiger partial charge in [-0.15, -0.1) is 0 Å². The van der Waals surface area contributed by atoms with Crippen molar-refractivity contribution in [3.05, 3.63) is 29.3 Å². The van der Waals surface area contributed by atoms with E-state index in [1.807, 2.05) is 0 Å². The minimum atomic E-state index is -1.10. The van der Waals surface area contributed by atoms with Crippen molar-refractivity contribution in [3.63, 3.8) is 0 Å². The molecule has 0 bridgehead atoms. The fraction of sp³-hybridized carbons (Fsp3) is 0.273. The smallest absolute Gasteiger partial charge is 0.335 e. The molecule has 0 aromatic heterocycles. The normalized spacial score (nSPS) is 18.7. The molecule has 6 heteroatoms. The van der Waals surface area contributed by atoms with Gasteiger partial charge in [-0.2, -0.15) is 0 Å². The van der Waals surface area contributed by atoms with Crippen LogP contribution in [0.2, 0.25) is 0 Å². The summed E-state index contributed by atoms with van der Waals surface area (Å²) in [7, 11) is 0. The van der Waals surface area contributed by atoms with Gasteiger partial charge >= 0.3 is 11.9 Å². The zero-order chi connectivity index (χ0) is 12.4. The van der Waals surface area contributed by atoms with E-state index in [1.54, 1.807) is 0 Å². The summed E-state index contributed by atoms with van der Waals surface area (Å²) in [5.74, 6) is -1.74. The van der Waals surface area contributed by atoms with Gasteiger partial charge in [-0.3, -0.25) is 10.1 Å². The van der Waals surface area contributed by atoms with E-state index in [0.29, 0.717) is 24.5 Å². The first-order chi connectivity index (χ1) is 8.09. The second-order valence-electron chi connectivity index (χ2n) is 3.63. The van der Waals surface area contributed by atoms with E-state index >= 15 is 0 Å². The summed E-state index contributed by atoms with van der Waals surface area (Å²) in [5, 5.41) is 20.7. The molecule has 90 valence electrons. The summed E-state index contributed by atoms with van der Waals surface area (Å²) in [6.07, 6.45) is 0. The fourth-order valence-electron chi connectivity index (χ4n) is 1.73. The van der Waals surface area contributed by atoms with Crippen LogP contribution >= 0.6 is 0 Å². The Balaban J connectivity index is 2.49. The average molecular weight is 237 g/mol. The predicted molar refractivity (Wildman–Crippen MR) is 57.3 cm³/mol. The zero-order valence-electron chi connectivity index (χ0n) is 8.84. The lowest BCUT2D eigenvalue weighted by molar-refractivity contribution is -0.139. The molecule has 1 aromatic carbocycles. The van der Waals surface area contributed by atoms with Gasteiger partial charge in [-0.1, -0.05) is 0 Å². The molecule has 0 saturated heterocycles. The number of rotatable bonds is 2. The molecule has 17 heavy (non-hydrogen) atoms. The SMILES string of the molecule is O=C(O)c1ccc2c(c1)C(C(=O)O)NCCO2. The molecule has 1 aliphatic rings. The fourth-order valence-corrected chi connectivity index (χ4v) is 1.73. The van der Waals surface area contributed by atoms with Crippen LogP contribution in [0.1, 0.15) is 22.0 Å². The lowest BCUT2D eigenvalue weighted by Crippen LogP contribution is -2.29. The van der Waals surface area contributed by atoms with Crippen molar-refractivity contribution in [2.24, 2.45) is 0 Å². The first-order valence-corrected chi connectivity index (χ1v) is 5.06. The molecule has 1 atom stereocenters. The molecule has 6 nitrogen and oxygen atoms in total. The van der Waals surface area contributed by atoms with Crippen molar-refractivity contribution >= 4 is 11.9 Å². The van der Waals surface area contributed by atoms with Crippen LogP contribution in [0, 0.1) is 0 Å². The maximum absolute atomic E-state index is 11.1. The molecule has 0 fully saturated rings. The summed E-state index contributed by atoms with van der Waals surface area (Å²) < 4.78 is 5.34. The third kappa shape index (κ3) is 2.21. The summed E-state index contributed by atoms with van der Waals surface area (Å²) in [6.45, 7) is 0.747. The molecule has 0 amide bonds. The number of ether oxygens (including phenoxy) is 1. The zero-order valence-corrected chi connectivity index (χ0v) is 8.84. The van der Waals surface area contributed by atoms with Crippen LogP contribution in [0.15, 0.2) is 18.2 Å². The Labute approximate surface area is 96.8 Å². The number of carboxylic acids is 2. The van der Waals surface area contributed by atoms with Gasteiger partial charge in [0.2, 0.25) is 0 Å². The number of hydrogen-bond donors (Lipinski definition) is 3. The minimum Gasteiger partial charge on any atom is -0.492 e. The van der Waals surface area contributed by atoms with Crippen LogP contribution in [-0.4, -0.2) is 35.3 Å². The molecule has 0 spiro atoms. The average Bonchev–Trinajstić information content (AvgIpc) is 2.49. The first kappa shape index (κ1) is 11.4. The largest absolute Gasteiger partial charge is 0.492 e. The van der Waals surface area contributed by atoms with Crippen molar-refractivity contribution in [2.45, 2.75) is 6.04 Å². The van der Waals surface area contributed by atoms with Gasteiger partial charge in [0.1, 0.15) is 18.4 Å². The van der Waals surface area contributed by atoms with E-state index in [-0.39, 0.29) is 5.56 Å². The second kappa shape index (κ2) is 4.42. The number of fused-ring (bicyclic) bond motifs is 1. The molecule has 1 aliphatic heterocycles. The van der Waals surface area contributed by atoms with Crippen LogP contribution in [0.5, 0.6) is 5.75 Å². The number of carbonyl (C=O) groups is 2. The highest BCUT2D eigenvalue weighted by molar-refractivity contribution is 5.89. The first-order valence-electron chi connectivity index (χ1n) is 5.06. The van der Waals surface area contributed by atoms with Gasteiger partial charge in [0.15, 0.2) is 0 Å². The van der Waals surface area contributed by atoms with Gasteiger partial charge in [-0.05, 0) is 18.2 Å². The Bertz CT molecular complexity index is 471. The summed E-state index contributed by atoms with van der Waals surface area (Å²) in [6, 6.07) is 3.27. The number of carboxylic acid groups (broad SMARTS) is 2. The molecule has 1 unspecified atom stereocenters. The maximum Gasteiger partial charge on any atom is 0.335 e. The highest BCUT2D eigenvalue weighted by Gasteiger charge is 2.26. The van der Waals surface area contributed by atoms with Gasteiger partial charge in [0, 0.05) is 12.1 Å². The van der Waals surface area contributed by atoms with Crippen molar-refractivity contribution in [1.82, 2.24) is 5.32 Å². The van der Waals surface area contributed by atoms with Crippen LogP contribution in [0.3, 0.4) is 0 Å². The van der Waals surface area contributed by atoms with E-state index in [0.717, 1.165) is 0 Å². The van der Waals surface area contributed by atoms with Gasteiger partial charge in [0.25, 0.3) is 0 Å². The van der Waals surface area contributed by atoms with Gasteiger partial charge in [0.05, 0.1) is 5.56 Å². The topological polar surface area (TPSA) is 95.9 Å². The third-order valence-electron chi connectivity index (χ3n) is 2.52. The summed E-state index contributed by atoms with van der Waals surface area (Å²) >= 11 is 0. The van der Waals surface area contributed by atoms with Crippen molar-refractivity contribution in [1.29, 1.82) is 0 Å². The second-order valence-corrected chi connectivity index (χ2v) is 3.63. The van der Waals surface area contributed by atoms with E-state index in [9.17, 15) is 9.59 Å². The van der Waals surface area contributed by atoms with Crippen LogP contribution in [-0.2, 0) is 4.79 Å². The summed E-state index contributed by atoms with van der Waals surface area (Å²) in [4.78, 5) is 21.9. The molecular weight excluding hydrogens is 226 g/mol. The Morgan fingerprint density at radius 2 is 2.12 bits per heavy atom. The standard InChI is InChI=1S/C11H11NO5/c13-10(14)6-1-2-8-7(5-6)9(11(15)16)12-3-4-17-8/h1-2,5,9,12H,3-4H2,(H,13,14)(H,15,16). The van der Waals surface area contributed by atoms with E-state index < -0.39 is 18.0 Å². The molecule has 1 heterocycles. The molecule has 3 N–H and O–H groups in total. The molecule has 0 aliphatic carbocycles. The van der Waals surface area contributed by atoms with E-state index in [2.05, 4.69) is 5.32 Å². The highest BCUT2D eigenvalue weighted by atomic mass is 16.5. The molecule has 0 radical (unpaired) electrons. The monoisotopic (exact) mass is 237 g/mol. The minimum absolute atomic E-state index is 0.0438. The molecule has 2 rings (SSSR count). The van der Waals surface area contributed by atoms with Crippen molar-refractivity contribution in [2.75, 3.05) is 13.2 Å². The van der Waals surface area contributed by atoms with Crippen molar-refractivity contribution in [3.8, 4) is 5.75 Å². The number of nitrogens with one attached hydrogen (secondary N) is 1. The number of aromatic carboxylic acids is 1. The quantitative estimate of drug-likeness (QED) is 0.692. The van der Waals surface area contributed by atoms with E-state index in [1.165, 1.54) is 18.2 Å². The molecule has 0 saturated carbocycles. The molecule has 1 aromatic rings. The molecular formula is C11H11NO5. The predicted octanol–water partition coefficient (Wildman–Crippen LogP) is 0.492. The Kier molecular flexibility index (Phi) is 2.97.